The zero-order chi connectivity index (χ0) is 20.6. The Morgan fingerprint density at radius 2 is 2.14 bits per heavy atom. The maximum Gasteiger partial charge on any atom is 0.227 e. The maximum atomic E-state index is 12.9. The highest BCUT2D eigenvalue weighted by molar-refractivity contribution is 5.83. The van der Waals surface area contributed by atoms with Gasteiger partial charge in [0.25, 0.3) is 0 Å². The molecule has 2 aliphatic heterocycles. The average Bonchev–Trinajstić information content (AvgIpc) is 2.75. The lowest BCUT2D eigenvalue weighted by Crippen LogP contribution is -2.47. The van der Waals surface area contributed by atoms with Gasteiger partial charge in [0, 0.05) is 58.5 Å². The van der Waals surface area contributed by atoms with Crippen molar-refractivity contribution in [1.29, 1.82) is 0 Å². The van der Waals surface area contributed by atoms with E-state index in [2.05, 4.69) is 9.88 Å². The lowest BCUT2D eigenvalue weighted by Gasteiger charge is -2.34. The summed E-state index contributed by atoms with van der Waals surface area (Å²) in [6.45, 7) is 6.10. The molecule has 160 valence electrons. The first-order chi connectivity index (χ1) is 14.1. The second-order valence-corrected chi connectivity index (χ2v) is 7.76. The van der Waals surface area contributed by atoms with Crippen LogP contribution in [0.1, 0.15) is 25.0 Å². The van der Waals surface area contributed by atoms with Gasteiger partial charge in [-0.15, -0.1) is 0 Å². The van der Waals surface area contributed by atoms with Crippen molar-refractivity contribution in [1.82, 2.24) is 19.7 Å². The van der Waals surface area contributed by atoms with Gasteiger partial charge in [0.15, 0.2) is 0 Å². The minimum Gasteiger partial charge on any atom is -0.497 e. The molecule has 0 aliphatic carbocycles. The molecule has 2 saturated heterocycles. The molecule has 3 heterocycles. The molecule has 0 N–H and O–H groups in total. The van der Waals surface area contributed by atoms with E-state index in [-0.39, 0.29) is 17.7 Å². The Morgan fingerprint density at radius 3 is 2.90 bits per heavy atom. The van der Waals surface area contributed by atoms with Crippen LogP contribution in [0.3, 0.4) is 0 Å². The van der Waals surface area contributed by atoms with Gasteiger partial charge in [-0.3, -0.25) is 19.5 Å². The highest BCUT2D eigenvalue weighted by atomic mass is 16.5. The summed E-state index contributed by atoms with van der Waals surface area (Å²) in [6, 6.07) is 3.62. The summed E-state index contributed by atoms with van der Waals surface area (Å²) in [5.74, 6) is 0.811. The van der Waals surface area contributed by atoms with Crippen LogP contribution in [-0.2, 0) is 20.9 Å². The molecular weight excluding hydrogens is 372 g/mol. The van der Waals surface area contributed by atoms with Crippen molar-refractivity contribution >= 4 is 11.8 Å². The second kappa shape index (κ2) is 10.5. The van der Waals surface area contributed by atoms with Crippen molar-refractivity contribution in [2.75, 3.05) is 60.1 Å². The molecule has 1 aromatic heterocycles. The molecule has 0 saturated carbocycles. The number of hydrogen-bond acceptors (Lipinski definition) is 6. The number of ether oxygens (including phenoxy) is 2. The van der Waals surface area contributed by atoms with E-state index in [1.807, 2.05) is 11.0 Å². The fourth-order valence-corrected chi connectivity index (χ4v) is 3.94. The van der Waals surface area contributed by atoms with E-state index in [1.165, 1.54) is 0 Å². The summed E-state index contributed by atoms with van der Waals surface area (Å²) in [5, 5.41) is 0. The van der Waals surface area contributed by atoms with Gasteiger partial charge < -0.3 is 19.3 Å². The molecule has 2 fully saturated rings. The van der Waals surface area contributed by atoms with Crippen LogP contribution in [0.15, 0.2) is 18.3 Å². The number of carbonyl (C=O) groups is 2. The monoisotopic (exact) mass is 404 g/mol. The van der Waals surface area contributed by atoms with Crippen LogP contribution < -0.4 is 4.74 Å². The number of carbonyl (C=O) groups excluding carboxylic acids is 2. The lowest BCUT2D eigenvalue weighted by atomic mass is 9.96. The van der Waals surface area contributed by atoms with Gasteiger partial charge in [-0.25, -0.2) is 0 Å². The highest BCUT2D eigenvalue weighted by Gasteiger charge is 2.31. The molecule has 8 nitrogen and oxygen atoms in total. The first-order valence-electron chi connectivity index (χ1n) is 10.4. The first kappa shape index (κ1) is 21.5. The van der Waals surface area contributed by atoms with Crippen LogP contribution in [0, 0.1) is 5.92 Å². The zero-order valence-corrected chi connectivity index (χ0v) is 17.5. The number of aromatic nitrogens is 1. The van der Waals surface area contributed by atoms with E-state index in [0.717, 1.165) is 50.7 Å². The smallest absolute Gasteiger partial charge is 0.227 e. The number of likely N-dealkylation sites (tertiary alicyclic amines) is 1. The van der Waals surface area contributed by atoms with E-state index in [1.54, 1.807) is 31.3 Å². The van der Waals surface area contributed by atoms with Gasteiger partial charge in [-0.05, 0) is 18.9 Å². The largest absolute Gasteiger partial charge is 0.497 e. The summed E-state index contributed by atoms with van der Waals surface area (Å²) >= 11 is 0. The van der Waals surface area contributed by atoms with Crippen LogP contribution in [0.5, 0.6) is 5.75 Å². The standard InChI is InChI=1S/C21H32N4O4/c1-23(16-18-14-19(28-2)6-7-22-18)21(27)17-4-5-20(26)25(15-17)9-3-8-24-10-12-29-13-11-24/h6-7,14,17H,3-5,8-13,15-16H2,1-2H3/t17-/m1/s1. The van der Waals surface area contributed by atoms with Gasteiger partial charge in [0.2, 0.25) is 11.8 Å². The number of hydrogen-bond donors (Lipinski definition) is 0. The Labute approximate surface area is 172 Å². The van der Waals surface area contributed by atoms with Gasteiger partial charge in [-0.2, -0.15) is 0 Å². The maximum absolute atomic E-state index is 12.9. The Balaban J connectivity index is 1.48. The van der Waals surface area contributed by atoms with E-state index in [4.69, 9.17) is 9.47 Å². The van der Waals surface area contributed by atoms with Crippen molar-refractivity contribution in [2.45, 2.75) is 25.8 Å². The minimum atomic E-state index is -0.147. The Morgan fingerprint density at radius 1 is 1.34 bits per heavy atom. The molecule has 29 heavy (non-hydrogen) atoms. The van der Waals surface area contributed by atoms with Crippen LogP contribution in [0.2, 0.25) is 0 Å². The van der Waals surface area contributed by atoms with Crippen molar-refractivity contribution in [3.05, 3.63) is 24.0 Å². The number of piperidine rings is 1. The van der Waals surface area contributed by atoms with Gasteiger partial charge in [-0.1, -0.05) is 0 Å². The Kier molecular flexibility index (Phi) is 7.83. The van der Waals surface area contributed by atoms with Crippen LogP contribution >= 0.6 is 0 Å². The van der Waals surface area contributed by atoms with Gasteiger partial charge in [0.05, 0.1) is 38.5 Å². The zero-order valence-electron chi connectivity index (χ0n) is 17.5. The topological polar surface area (TPSA) is 75.2 Å². The quantitative estimate of drug-likeness (QED) is 0.644. The fraction of sp³-hybridized carbons (Fsp3) is 0.667. The van der Waals surface area contributed by atoms with Crippen molar-refractivity contribution in [2.24, 2.45) is 5.92 Å². The summed E-state index contributed by atoms with van der Waals surface area (Å²) in [5.41, 5.74) is 0.787. The molecule has 8 heteroatoms. The van der Waals surface area contributed by atoms with Crippen molar-refractivity contribution in [3.8, 4) is 5.75 Å². The fourth-order valence-electron chi connectivity index (χ4n) is 3.94. The summed E-state index contributed by atoms with van der Waals surface area (Å²) in [4.78, 5) is 35.5. The second-order valence-electron chi connectivity index (χ2n) is 7.76. The minimum absolute atomic E-state index is 0.0697. The third-order valence-electron chi connectivity index (χ3n) is 5.65. The lowest BCUT2D eigenvalue weighted by molar-refractivity contribution is -0.142. The van der Waals surface area contributed by atoms with Crippen molar-refractivity contribution in [3.63, 3.8) is 0 Å². The molecule has 2 aliphatic rings. The molecule has 1 aromatic rings. The number of amides is 2. The third-order valence-corrected chi connectivity index (χ3v) is 5.65. The van der Waals surface area contributed by atoms with Crippen LogP contribution in [0.25, 0.3) is 0 Å². The Bertz CT molecular complexity index is 693. The van der Waals surface area contributed by atoms with E-state index >= 15 is 0 Å². The Hall–Kier alpha value is -2.19. The van der Waals surface area contributed by atoms with E-state index < -0.39 is 0 Å². The van der Waals surface area contributed by atoms with Gasteiger partial charge in [0.1, 0.15) is 5.75 Å². The average molecular weight is 405 g/mol. The molecule has 0 unspecified atom stereocenters. The first-order valence-corrected chi connectivity index (χ1v) is 10.4. The molecule has 2 amide bonds. The number of nitrogens with zero attached hydrogens (tertiary/aromatic N) is 4. The number of pyridine rings is 1. The number of rotatable bonds is 8. The summed E-state index contributed by atoms with van der Waals surface area (Å²) < 4.78 is 10.6. The van der Waals surface area contributed by atoms with Gasteiger partial charge >= 0.3 is 0 Å². The molecule has 0 spiro atoms. The SMILES string of the molecule is COc1ccnc(CN(C)C(=O)[C@@H]2CCC(=O)N(CCCN3CCOCC3)C2)c1. The van der Waals surface area contributed by atoms with E-state index in [0.29, 0.717) is 32.5 Å². The molecule has 3 rings (SSSR count). The molecular formula is C21H32N4O4. The molecule has 0 bridgehead atoms. The predicted molar refractivity (Wildman–Crippen MR) is 108 cm³/mol. The molecule has 1 atom stereocenters. The summed E-state index contributed by atoms with van der Waals surface area (Å²) in [6.07, 6.45) is 3.67. The molecule has 0 aromatic carbocycles. The van der Waals surface area contributed by atoms with Crippen molar-refractivity contribution < 1.29 is 19.1 Å². The van der Waals surface area contributed by atoms with E-state index in [9.17, 15) is 9.59 Å². The number of morpholine rings is 1. The molecule has 0 radical (unpaired) electrons. The predicted octanol–water partition coefficient (Wildman–Crippen LogP) is 1.01. The third kappa shape index (κ3) is 6.14. The highest BCUT2D eigenvalue weighted by Crippen LogP contribution is 2.21. The summed E-state index contributed by atoms with van der Waals surface area (Å²) in [7, 11) is 3.41. The van der Waals surface area contributed by atoms with Crippen LogP contribution in [-0.4, -0.2) is 91.6 Å². The number of methoxy groups -OCH3 is 1. The van der Waals surface area contributed by atoms with Crippen LogP contribution in [0.4, 0.5) is 0 Å². The normalized spacial score (nSPS) is 20.6.